The van der Waals surface area contributed by atoms with Crippen molar-refractivity contribution < 1.29 is 9.53 Å². The van der Waals surface area contributed by atoms with E-state index in [0.29, 0.717) is 23.8 Å². The molecule has 0 unspecified atom stereocenters. The van der Waals surface area contributed by atoms with Gasteiger partial charge in [-0.25, -0.2) is 0 Å². The molecule has 0 saturated heterocycles. The second kappa shape index (κ2) is 7.36. The maximum absolute atomic E-state index is 11.5. The Morgan fingerprint density at radius 1 is 1.42 bits per heavy atom. The molecule has 0 aliphatic rings. The van der Waals surface area contributed by atoms with Gasteiger partial charge in [-0.3, -0.25) is 4.79 Å². The van der Waals surface area contributed by atoms with Crippen LogP contribution in [0.5, 0.6) is 5.75 Å². The number of ether oxygens (including phenoxy) is 1. The molecule has 0 aliphatic heterocycles. The van der Waals surface area contributed by atoms with E-state index in [4.69, 9.17) is 22.1 Å². The van der Waals surface area contributed by atoms with E-state index < -0.39 is 0 Å². The average molecular weight is 285 g/mol. The lowest BCUT2D eigenvalue weighted by atomic mass is 10.1. The molecule has 4 nitrogen and oxygen atoms in total. The van der Waals surface area contributed by atoms with Gasteiger partial charge >= 0.3 is 0 Å². The Hall–Kier alpha value is -1.26. The molecule has 1 aromatic rings. The summed E-state index contributed by atoms with van der Waals surface area (Å²) in [5.74, 6) is 0.656. The van der Waals surface area contributed by atoms with Gasteiger partial charge in [0, 0.05) is 22.7 Å². The van der Waals surface area contributed by atoms with Crippen LogP contribution < -0.4 is 15.8 Å². The monoisotopic (exact) mass is 284 g/mol. The van der Waals surface area contributed by atoms with E-state index in [2.05, 4.69) is 5.32 Å². The number of carbonyl (C=O) groups is 1. The third-order valence-electron chi connectivity index (χ3n) is 2.50. The predicted molar refractivity (Wildman–Crippen MR) is 77.4 cm³/mol. The minimum Gasteiger partial charge on any atom is -0.493 e. The molecule has 19 heavy (non-hydrogen) atoms. The number of nitrogens with two attached hydrogens (primary N) is 1. The zero-order valence-electron chi connectivity index (χ0n) is 11.6. The number of carbonyl (C=O) groups excluding carboxylic acids is 1. The van der Waals surface area contributed by atoms with Crippen molar-refractivity contribution in [3.05, 3.63) is 28.8 Å². The summed E-state index contributed by atoms with van der Waals surface area (Å²) in [7, 11) is 0. The highest BCUT2D eigenvalue weighted by molar-refractivity contribution is 6.30. The van der Waals surface area contributed by atoms with Crippen LogP contribution >= 0.6 is 11.6 Å². The molecule has 1 atom stereocenters. The maximum Gasteiger partial charge on any atom is 0.223 e. The number of benzene rings is 1. The van der Waals surface area contributed by atoms with Crippen molar-refractivity contribution in [3.8, 4) is 5.75 Å². The molecule has 1 aromatic carbocycles. The summed E-state index contributed by atoms with van der Waals surface area (Å²) in [6.07, 6.45) is 0.319. The molecule has 3 N–H and O–H groups in total. The van der Waals surface area contributed by atoms with Gasteiger partial charge in [-0.15, -0.1) is 0 Å². The molecule has 5 heteroatoms. The number of hydrogen-bond acceptors (Lipinski definition) is 3. The smallest absolute Gasteiger partial charge is 0.223 e. The molecule has 1 rings (SSSR count). The number of amides is 1. The molecule has 0 radical (unpaired) electrons. The van der Waals surface area contributed by atoms with Crippen LogP contribution in [-0.4, -0.2) is 18.6 Å². The first-order valence-electron chi connectivity index (χ1n) is 6.37. The summed E-state index contributed by atoms with van der Waals surface area (Å²) in [5, 5.41) is 3.43. The Bertz CT molecular complexity index is 433. The fourth-order valence-corrected chi connectivity index (χ4v) is 1.83. The van der Waals surface area contributed by atoms with Crippen LogP contribution in [0.2, 0.25) is 5.02 Å². The highest BCUT2D eigenvalue weighted by atomic mass is 35.5. The van der Waals surface area contributed by atoms with Gasteiger partial charge in [-0.1, -0.05) is 11.6 Å². The van der Waals surface area contributed by atoms with Crippen LogP contribution in [0.4, 0.5) is 0 Å². The molecule has 0 fully saturated rings. The molecule has 0 heterocycles. The second-order valence-electron chi connectivity index (χ2n) is 4.79. The lowest BCUT2D eigenvalue weighted by Gasteiger charge is -2.14. The van der Waals surface area contributed by atoms with Gasteiger partial charge in [0.15, 0.2) is 0 Å². The van der Waals surface area contributed by atoms with E-state index in [1.54, 1.807) is 18.2 Å². The SMILES string of the molecule is CC(C)NC(=O)CCOc1ccc(Cl)cc1[C@H](C)N. The van der Waals surface area contributed by atoms with E-state index in [9.17, 15) is 4.79 Å². The molecule has 106 valence electrons. The highest BCUT2D eigenvalue weighted by Gasteiger charge is 2.10. The summed E-state index contributed by atoms with van der Waals surface area (Å²) >= 11 is 5.93. The van der Waals surface area contributed by atoms with E-state index in [1.165, 1.54) is 0 Å². The van der Waals surface area contributed by atoms with Gasteiger partial charge in [0.1, 0.15) is 5.75 Å². The average Bonchev–Trinajstić information content (AvgIpc) is 2.29. The summed E-state index contributed by atoms with van der Waals surface area (Å²) in [6.45, 7) is 6.03. The Morgan fingerprint density at radius 2 is 2.11 bits per heavy atom. The standard InChI is InChI=1S/C14H21ClN2O2/c1-9(2)17-14(18)6-7-19-13-5-4-11(15)8-12(13)10(3)16/h4-5,8-10H,6-7,16H2,1-3H3,(H,17,18)/t10-/m0/s1. The van der Waals surface area contributed by atoms with Crippen LogP contribution in [0.3, 0.4) is 0 Å². The number of nitrogens with one attached hydrogen (secondary N) is 1. The molecule has 0 aromatic heterocycles. The van der Waals surface area contributed by atoms with Gasteiger partial charge < -0.3 is 15.8 Å². The van der Waals surface area contributed by atoms with Crippen molar-refractivity contribution in [2.45, 2.75) is 39.3 Å². The third-order valence-corrected chi connectivity index (χ3v) is 2.73. The normalized spacial score (nSPS) is 12.3. The van der Waals surface area contributed by atoms with E-state index in [0.717, 1.165) is 5.56 Å². The van der Waals surface area contributed by atoms with Crippen molar-refractivity contribution in [2.75, 3.05) is 6.61 Å². The lowest BCUT2D eigenvalue weighted by Crippen LogP contribution is -2.31. The van der Waals surface area contributed by atoms with Gasteiger partial charge in [-0.05, 0) is 39.0 Å². The molecule has 1 amide bonds. The minimum atomic E-state index is -0.168. The van der Waals surface area contributed by atoms with E-state index >= 15 is 0 Å². The Morgan fingerprint density at radius 3 is 2.68 bits per heavy atom. The van der Waals surface area contributed by atoms with Gasteiger partial charge in [0.05, 0.1) is 13.0 Å². The van der Waals surface area contributed by atoms with Crippen molar-refractivity contribution in [3.63, 3.8) is 0 Å². The molecule has 0 bridgehead atoms. The lowest BCUT2D eigenvalue weighted by molar-refractivity contribution is -0.122. The topological polar surface area (TPSA) is 64.3 Å². The van der Waals surface area contributed by atoms with Gasteiger partial charge in [0.25, 0.3) is 0 Å². The molecule has 0 spiro atoms. The minimum absolute atomic E-state index is 0.0219. The van der Waals surface area contributed by atoms with E-state index in [1.807, 2.05) is 20.8 Å². The first-order valence-corrected chi connectivity index (χ1v) is 6.75. The Kier molecular flexibility index (Phi) is 6.12. The van der Waals surface area contributed by atoms with Crippen molar-refractivity contribution in [1.29, 1.82) is 0 Å². The summed E-state index contributed by atoms with van der Waals surface area (Å²) in [4.78, 5) is 11.5. The van der Waals surface area contributed by atoms with Crippen LogP contribution in [0.25, 0.3) is 0 Å². The first-order chi connectivity index (χ1) is 8.90. The number of rotatable bonds is 6. The molecular weight excluding hydrogens is 264 g/mol. The summed E-state index contributed by atoms with van der Waals surface area (Å²) < 4.78 is 5.61. The molecular formula is C14H21ClN2O2. The van der Waals surface area contributed by atoms with Crippen molar-refractivity contribution >= 4 is 17.5 Å². The zero-order valence-corrected chi connectivity index (χ0v) is 12.3. The first kappa shape index (κ1) is 15.8. The largest absolute Gasteiger partial charge is 0.493 e. The van der Waals surface area contributed by atoms with Crippen LogP contribution in [0.15, 0.2) is 18.2 Å². The third kappa shape index (κ3) is 5.49. The summed E-state index contributed by atoms with van der Waals surface area (Å²) in [5.41, 5.74) is 6.71. The van der Waals surface area contributed by atoms with Gasteiger partial charge in [-0.2, -0.15) is 0 Å². The van der Waals surface area contributed by atoms with Crippen LogP contribution in [0, 0.1) is 0 Å². The Balaban J connectivity index is 2.56. The van der Waals surface area contributed by atoms with Crippen molar-refractivity contribution in [1.82, 2.24) is 5.32 Å². The van der Waals surface area contributed by atoms with Crippen LogP contribution in [0.1, 0.15) is 38.8 Å². The van der Waals surface area contributed by atoms with E-state index in [-0.39, 0.29) is 18.0 Å². The van der Waals surface area contributed by atoms with Crippen molar-refractivity contribution in [2.24, 2.45) is 5.73 Å². The van der Waals surface area contributed by atoms with Gasteiger partial charge in [0.2, 0.25) is 5.91 Å². The number of hydrogen-bond donors (Lipinski definition) is 2. The molecule has 0 saturated carbocycles. The maximum atomic E-state index is 11.5. The fraction of sp³-hybridized carbons (Fsp3) is 0.500. The fourth-order valence-electron chi connectivity index (χ4n) is 1.65. The zero-order chi connectivity index (χ0) is 14.4. The quantitative estimate of drug-likeness (QED) is 0.844. The highest BCUT2D eigenvalue weighted by Crippen LogP contribution is 2.27. The molecule has 0 aliphatic carbocycles. The predicted octanol–water partition coefficient (Wildman–Crippen LogP) is 2.65. The summed E-state index contributed by atoms with van der Waals surface area (Å²) in [6, 6.07) is 5.29. The Labute approximate surface area is 119 Å². The second-order valence-corrected chi connectivity index (χ2v) is 5.23. The van der Waals surface area contributed by atoms with Crippen LogP contribution in [-0.2, 0) is 4.79 Å². The number of halogens is 1.